The van der Waals surface area contributed by atoms with Gasteiger partial charge in [-0.3, -0.25) is 0 Å². The standard InChI is InChI=1S/C15H18O2/c1-12(13-8-4-2-5-9-13)15(16)17-14-10-6-3-7-11-14/h3,6-7,10-11,13H,1-2,4-5,8-9H2. The van der Waals surface area contributed by atoms with Crippen molar-refractivity contribution in [1.29, 1.82) is 0 Å². The maximum absolute atomic E-state index is 11.9. The molecule has 1 aliphatic carbocycles. The lowest BCUT2D eigenvalue weighted by molar-refractivity contribution is -0.130. The fourth-order valence-electron chi connectivity index (χ4n) is 2.28. The van der Waals surface area contributed by atoms with Crippen LogP contribution >= 0.6 is 0 Å². The first-order chi connectivity index (χ1) is 8.27. The Balaban J connectivity index is 1.93. The van der Waals surface area contributed by atoms with Crippen LogP contribution < -0.4 is 4.74 Å². The Bertz CT molecular complexity index is 389. The smallest absolute Gasteiger partial charge is 0.339 e. The van der Waals surface area contributed by atoms with Gasteiger partial charge in [-0.25, -0.2) is 4.79 Å². The van der Waals surface area contributed by atoms with Gasteiger partial charge in [-0.15, -0.1) is 0 Å². The fourth-order valence-corrected chi connectivity index (χ4v) is 2.28. The lowest BCUT2D eigenvalue weighted by atomic mass is 9.84. The molecule has 17 heavy (non-hydrogen) atoms. The van der Waals surface area contributed by atoms with Crippen LogP contribution in [0.25, 0.3) is 0 Å². The SMILES string of the molecule is C=C(C(=O)Oc1ccccc1)C1CCCCC1. The molecule has 90 valence electrons. The second kappa shape index (κ2) is 5.67. The lowest BCUT2D eigenvalue weighted by Gasteiger charge is -2.22. The van der Waals surface area contributed by atoms with Crippen molar-refractivity contribution in [2.24, 2.45) is 5.92 Å². The predicted octanol–water partition coefficient (Wildman–Crippen LogP) is 3.73. The van der Waals surface area contributed by atoms with E-state index >= 15 is 0 Å². The Morgan fingerprint density at radius 2 is 1.76 bits per heavy atom. The molecule has 2 rings (SSSR count). The molecule has 1 saturated carbocycles. The van der Waals surface area contributed by atoms with Crippen molar-refractivity contribution in [2.45, 2.75) is 32.1 Å². The first-order valence-corrected chi connectivity index (χ1v) is 6.23. The second-order valence-corrected chi connectivity index (χ2v) is 4.56. The second-order valence-electron chi connectivity index (χ2n) is 4.56. The molecule has 1 aromatic carbocycles. The molecular weight excluding hydrogens is 212 g/mol. The molecule has 2 nitrogen and oxygen atoms in total. The number of esters is 1. The van der Waals surface area contributed by atoms with Crippen LogP contribution in [-0.4, -0.2) is 5.97 Å². The Morgan fingerprint density at radius 1 is 1.12 bits per heavy atom. The van der Waals surface area contributed by atoms with Crippen molar-refractivity contribution in [2.75, 3.05) is 0 Å². The number of rotatable bonds is 3. The van der Waals surface area contributed by atoms with Crippen molar-refractivity contribution >= 4 is 5.97 Å². The van der Waals surface area contributed by atoms with E-state index in [0.29, 0.717) is 17.2 Å². The van der Waals surface area contributed by atoms with Gasteiger partial charge in [0.15, 0.2) is 0 Å². The molecule has 2 heteroatoms. The van der Waals surface area contributed by atoms with Crippen molar-refractivity contribution in [3.63, 3.8) is 0 Å². The molecule has 0 heterocycles. The summed E-state index contributed by atoms with van der Waals surface area (Å²) in [6.07, 6.45) is 5.81. The summed E-state index contributed by atoms with van der Waals surface area (Å²) in [5.74, 6) is 0.637. The molecule has 0 amide bonds. The zero-order valence-electron chi connectivity index (χ0n) is 10.0. The van der Waals surface area contributed by atoms with Gasteiger partial charge in [0.1, 0.15) is 5.75 Å². The van der Waals surface area contributed by atoms with E-state index < -0.39 is 0 Å². The fraction of sp³-hybridized carbons (Fsp3) is 0.400. The first-order valence-electron chi connectivity index (χ1n) is 6.23. The minimum absolute atomic E-state index is 0.275. The van der Waals surface area contributed by atoms with Crippen molar-refractivity contribution in [3.8, 4) is 5.75 Å². The molecule has 1 aromatic rings. The number of para-hydroxylation sites is 1. The quantitative estimate of drug-likeness (QED) is 0.449. The van der Waals surface area contributed by atoms with E-state index in [-0.39, 0.29) is 5.97 Å². The third kappa shape index (κ3) is 3.19. The topological polar surface area (TPSA) is 26.3 Å². The summed E-state index contributed by atoms with van der Waals surface area (Å²) >= 11 is 0. The van der Waals surface area contributed by atoms with E-state index in [1.54, 1.807) is 12.1 Å². The third-order valence-electron chi connectivity index (χ3n) is 3.31. The van der Waals surface area contributed by atoms with E-state index in [4.69, 9.17) is 4.74 Å². The lowest BCUT2D eigenvalue weighted by Crippen LogP contribution is -2.19. The summed E-state index contributed by atoms with van der Waals surface area (Å²) in [4.78, 5) is 11.9. The normalized spacial score (nSPS) is 16.5. The Labute approximate surface area is 102 Å². The van der Waals surface area contributed by atoms with Gasteiger partial charge >= 0.3 is 5.97 Å². The Hall–Kier alpha value is -1.57. The van der Waals surface area contributed by atoms with Gasteiger partial charge in [-0.2, -0.15) is 0 Å². The van der Waals surface area contributed by atoms with E-state index in [2.05, 4.69) is 6.58 Å². The predicted molar refractivity (Wildman–Crippen MR) is 67.8 cm³/mol. The summed E-state index contributed by atoms with van der Waals surface area (Å²) < 4.78 is 5.29. The van der Waals surface area contributed by atoms with Crippen LogP contribution in [0.15, 0.2) is 42.5 Å². The van der Waals surface area contributed by atoms with Crippen molar-refractivity contribution < 1.29 is 9.53 Å². The Kier molecular flexibility index (Phi) is 3.97. The van der Waals surface area contributed by atoms with E-state index in [9.17, 15) is 4.79 Å². The molecule has 1 fully saturated rings. The zero-order chi connectivity index (χ0) is 12.1. The number of hydrogen-bond acceptors (Lipinski definition) is 2. The van der Waals surface area contributed by atoms with E-state index in [0.717, 1.165) is 12.8 Å². The van der Waals surface area contributed by atoms with Gasteiger partial charge in [-0.1, -0.05) is 44.0 Å². The highest BCUT2D eigenvalue weighted by atomic mass is 16.5. The summed E-state index contributed by atoms with van der Waals surface area (Å²) in [7, 11) is 0. The number of ether oxygens (including phenoxy) is 1. The van der Waals surface area contributed by atoms with Gasteiger partial charge in [-0.05, 0) is 30.9 Å². The van der Waals surface area contributed by atoms with Gasteiger partial charge in [0.2, 0.25) is 0 Å². The highest BCUT2D eigenvalue weighted by molar-refractivity contribution is 5.90. The van der Waals surface area contributed by atoms with Crippen LogP contribution in [0.1, 0.15) is 32.1 Å². The number of carbonyl (C=O) groups excluding carboxylic acids is 1. The highest BCUT2D eigenvalue weighted by Gasteiger charge is 2.22. The van der Waals surface area contributed by atoms with E-state index in [1.165, 1.54) is 19.3 Å². The molecule has 0 bridgehead atoms. The monoisotopic (exact) mass is 230 g/mol. The summed E-state index contributed by atoms with van der Waals surface area (Å²) in [6.45, 7) is 3.90. The molecule has 0 unspecified atom stereocenters. The molecule has 0 saturated heterocycles. The molecule has 1 aliphatic rings. The molecule has 0 aromatic heterocycles. The van der Waals surface area contributed by atoms with Gasteiger partial charge in [0.05, 0.1) is 0 Å². The maximum Gasteiger partial charge on any atom is 0.339 e. The average molecular weight is 230 g/mol. The van der Waals surface area contributed by atoms with Crippen LogP contribution in [0.2, 0.25) is 0 Å². The summed E-state index contributed by atoms with van der Waals surface area (Å²) in [6, 6.07) is 9.17. The molecular formula is C15H18O2. The van der Waals surface area contributed by atoms with Crippen LogP contribution in [0.4, 0.5) is 0 Å². The Morgan fingerprint density at radius 3 is 2.41 bits per heavy atom. The molecule has 0 atom stereocenters. The number of carbonyl (C=O) groups is 1. The zero-order valence-corrected chi connectivity index (χ0v) is 10.0. The molecule has 0 N–H and O–H groups in total. The van der Waals surface area contributed by atoms with Gasteiger partial charge in [0.25, 0.3) is 0 Å². The first kappa shape index (κ1) is 11.9. The van der Waals surface area contributed by atoms with Crippen LogP contribution in [-0.2, 0) is 4.79 Å². The summed E-state index contributed by atoms with van der Waals surface area (Å²) in [5.41, 5.74) is 0.633. The van der Waals surface area contributed by atoms with Crippen LogP contribution in [0.3, 0.4) is 0 Å². The summed E-state index contributed by atoms with van der Waals surface area (Å²) in [5, 5.41) is 0. The van der Waals surface area contributed by atoms with Gasteiger partial charge in [0, 0.05) is 5.57 Å². The minimum Gasteiger partial charge on any atom is -0.423 e. The molecule has 0 aliphatic heterocycles. The molecule has 0 radical (unpaired) electrons. The maximum atomic E-state index is 11.9. The van der Waals surface area contributed by atoms with Crippen LogP contribution in [0, 0.1) is 5.92 Å². The largest absolute Gasteiger partial charge is 0.423 e. The molecule has 0 spiro atoms. The third-order valence-corrected chi connectivity index (χ3v) is 3.31. The van der Waals surface area contributed by atoms with Crippen molar-refractivity contribution in [1.82, 2.24) is 0 Å². The highest BCUT2D eigenvalue weighted by Crippen LogP contribution is 2.29. The average Bonchev–Trinajstić information content (AvgIpc) is 2.40. The van der Waals surface area contributed by atoms with Crippen LogP contribution in [0.5, 0.6) is 5.75 Å². The number of hydrogen-bond donors (Lipinski definition) is 0. The minimum atomic E-state index is -0.275. The van der Waals surface area contributed by atoms with E-state index in [1.807, 2.05) is 18.2 Å². The number of benzene rings is 1. The van der Waals surface area contributed by atoms with Crippen molar-refractivity contribution in [3.05, 3.63) is 42.5 Å². The van der Waals surface area contributed by atoms with Gasteiger partial charge < -0.3 is 4.74 Å².